The molecule has 1 heterocycles. The molecule has 0 aliphatic carbocycles. The summed E-state index contributed by atoms with van der Waals surface area (Å²) in [6.45, 7) is 1.79. The lowest BCUT2D eigenvalue weighted by Crippen LogP contribution is -2.51. The standard InChI is InChI=1S/C19H21N3O3/c23-18(15-22(24)25)20-11-13-21(14-12-20)19(16-7-3-1-4-8-16)17-9-5-2-6-10-17/h1-10,19H,11-15H2. The molecule has 2 aromatic carbocycles. The minimum atomic E-state index is -0.624. The zero-order valence-corrected chi connectivity index (χ0v) is 14.0. The lowest BCUT2D eigenvalue weighted by Gasteiger charge is -2.39. The van der Waals surface area contributed by atoms with Crippen LogP contribution in [0.5, 0.6) is 0 Å². The second-order valence-electron chi connectivity index (χ2n) is 6.13. The number of piperazine rings is 1. The average molecular weight is 339 g/mol. The van der Waals surface area contributed by atoms with Crippen molar-refractivity contribution in [3.05, 3.63) is 81.9 Å². The van der Waals surface area contributed by atoms with Gasteiger partial charge in [-0.05, 0) is 11.1 Å². The van der Waals surface area contributed by atoms with Gasteiger partial charge in [0.05, 0.1) is 6.04 Å². The molecule has 25 heavy (non-hydrogen) atoms. The van der Waals surface area contributed by atoms with Gasteiger partial charge in [-0.25, -0.2) is 0 Å². The number of carbonyl (C=O) groups excluding carboxylic acids is 1. The van der Waals surface area contributed by atoms with Crippen molar-refractivity contribution in [3.8, 4) is 0 Å². The van der Waals surface area contributed by atoms with E-state index in [1.54, 1.807) is 4.90 Å². The Bertz CT molecular complexity index is 674. The quantitative estimate of drug-likeness (QED) is 0.619. The maximum absolute atomic E-state index is 11.9. The highest BCUT2D eigenvalue weighted by molar-refractivity contribution is 5.77. The maximum atomic E-state index is 11.9. The number of nitro groups is 1. The van der Waals surface area contributed by atoms with E-state index in [0.29, 0.717) is 26.2 Å². The zero-order chi connectivity index (χ0) is 17.6. The molecule has 1 aliphatic rings. The Kier molecular flexibility index (Phi) is 5.40. The molecule has 1 fully saturated rings. The van der Waals surface area contributed by atoms with Gasteiger partial charge in [-0.15, -0.1) is 0 Å². The summed E-state index contributed by atoms with van der Waals surface area (Å²) < 4.78 is 0. The van der Waals surface area contributed by atoms with Crippen molar-refractivity contribution in [1.82, 2.24) is 9.80 Å². The average Bonchev–Trinajstić information content (AvgIpc) is 2.64. The second-order valence-corrected chi connectivity index (χ2v) is 6.13. The van der Waals surface area contributed by atoms with E-state index in [-0.39, 0.29) is 6.04 Å². The molecule has 130 valence electrons. The number of benzene rings is 2. The molecule has 6 nitrogen and oxygen atoms in total. The molecule has 1 saturated heterocycles. The lowest BCUT2D eigenvalue weighted by atomic mass is 9.96. The molecule has 1 amide bonds. The number of carbonyl (C=O) groups is 1. The van der Waals surface area contributed by atoms with Crippen LogP contribution in [0.4, 0.5) is 0 Å². The van der Waals surface area contributed by atoms with E-state index in [0.717, 1.165) is 0 Å². The largest absolute Gasteiger partial charge is 0.334 e. The molecular formula is C19H21N3O3. The Balaban J connectivity index is 1.76. The smallest absolute Gasteiger partial charge is 0.294 e. The van der Waals surface area contributed by atoms with Gasteiger partial charge in [0.25, 0.3) is 12.5 Å². The topological polar surface area (TPSA) is 66.7 Å². The highest BCUT2D eigenvalue weighted by Gasteiger charge is 2.29. The molecular weight excluding hydrogens is 318 g/mol. The summed E-state index contributed by atoms with van der Waals surface area (Å²) in [7, 11) is 0. The van der Waals surface area contributed by atoms with Crippen molar-refractivity contribution >= 4 is 5.91 Å². The van der Waals surface area contributed by atoms with Gasteiger partial charge < -0.3 is 4.90 Å². The predicted molar refractivity (Wildman–Crippen MR) is 94.7 cm³/mol. The number of amides is 1. The minimum Gasteiger partial charge on any atom is -0.334 e. The highest BCUT2D eigenvalue weighted by Crippen LogP contribution is 2.29. The maximum Gasteiger partial charge on any atom is 0.294 e. The Morgan fingerprint density at radius 2 is 1.40 bits per heavy atom. The fourth-order valence-electron chi connectivity index (χ4n) is 3.32. The van der Waals surface area contributed by atoms with Crippen molar-refractivity contribution in [3.63, 3.8) is 0 Å². The molecule has 0 spiro atoms. The van der Waals surface area contributed by atoms with Crippen molar-refractivity contribution in [1.29, 1.82) is 0 Å². The van der Waals surface area contributed by atoms with Gasteiger partial charge in [0.1, 0.15) is 0 Å². The molecule has 0 saturated carbocycles. The first-order valence-electron chi connectivity index (χ1n) is 8.38. The van der Waals surface area contributed by atoms with E-state index in [4.69, 9.17) is 0 Å². The van der Waals surface area contributed by atoms with Crippen LogP contribution in [0, 0.1) is 10.1 Å². The van der Waals surface area contributed by atoms with Crippen molar-refractivity contribution < 1.29 is 9.72 Å². The molecule has 3 rings (SSSR count). The van der Waals surface area contributed by atoms with Gasteiger partial charge in [-0.3, -0.25) is 19.8 Å². The van der Waals surface area contributed by atoms with E-state index in [9.17, 15) is 14.9 Å². The van der Waals surface area contributed by atoms with Gasteiger partial charge in [-0.1, -0.05) is 60.7 Å². The Hall–Kier alpha value is -2.73. The summed E-state index contributed by atoms with van der Waals surface area (Å²) in [6.07, 6.45) is 0. The third-order valence-electron chi connectivity index (χ3n) is 4.53. The predicted octanol–water partition coefficient (Wildman–Crippen LogP) is 2.20. The van der Waals surface area contributed by atoms with Gasteiger partial charge in [0.15, 0.2) is 0 Å². The number of nitrogens with zero attached hydrogens (tertiary/aromatic N) is 3. The number of hydrogen-bond acceptors (Lipinski definition) is 4. The molecule has 2 aromatic rings. The SMILES string of the molecule is O=C(C[N+](=O)[O-])N1CCN(C(c2ccccc2)c2ccccc2)CC1. The van der Waals surface area contributed by atoms with Crippen LogP contribution in [0.2, 0.25) is 0 Å². The molecule has 6 heteroatoms. The van der Waals surface area contributed by atoms with Gasteiger partial charge in [-0.2, -0.15) is 0 Å². The van der Waals surface area contributed by atoms with Crippen molar-refractivity contribution in [2.24, 2.45) is 0 Å². The summed E-state index contributed by atoms with van der Waals surface area (Å²) in [6, 6.07) is 20.7. The number of rotatable bonds is 5. The molecule has 0 radical (unpaired) electrons. The van der Waals surface area contributed by atoms with E-state index in [1.165, 1.54) is 11.1 Å². The van der Waals surface area contributed by atoms with Gasteiger partial charge in [0, 0.05) is 31.1 Å². The van der Waals surface area contributed by atoms with E-state index in [1.807, 2.05) is 36.4 Å². The van der Waals surface area contributed by atoms with Crippen LogP contribution >= 0.6 is 0 Å². The van der Waals surface area contributed by atoms with Crippen molar-refractivity contribution in [2.75, 3.05) is 32.7 Å². The van der Waals surface area contributed by atoms with Crippen LogP contribution in [0.15, 0.2) is 60.7 Å². The van der Waals surface area contributed by atoms with E-state index < -0.39 is 17.4 Å². The van der Waals surface area contributed by atoms with Gasteiger partial charge in [0.2, 0.25) is 0 Å². The fraction of sp³-hybridized carbons (Fsp3) is 0.316. The molecule has 0 aromatic heterocycles. The molecule has 0 unspecified atom stereocenters. The van der Waals surface area contributed by atoms with E-state index >= 15 is 0 Å². The van der Waals surface area contributed by atoms with Crippen molar-refractivity contribution in [2.45, 2.75) is 6.04 Å². The first-order chi connectivity index (χ1) is 12.1. The van der Waals surface area contributed by atoms with Crippen LogP contribution in [0.1, 0.15) is 17.2 Å². The van der Waals surface area contributed by atoms with Crippen LogP contribution in [-0.2, 0) is 4.79 Å². The second kappa shape index (κ2) is 7.90. The first-order valence-corrected chi connectivity index (χ1v) is 8.38. The molecule has 0 N–H and O–H groups in total. The van der Waals surface area contributed by atoms with Crippen LogP contribution < -0.4 is 0 Å². The normalized spacial score (nSPS) is 15.3. The number of hydrogen-bond donors (Lipinski definition) is 0. The Morgan fingerprint density at radius 3 is 1.84 bits per heavy atom. The highest BCUT2D eigenvalue weighted by atomic mass is 16.6. The summed E-state index contributed by atoms with van der Waals surface area (Å²) in [5, 5.41) is 10.5. The van der Waals surface area contributed by atoms with Crippen LogP contribution in [0.25, 0.3) is 0 Å². The Labute approximate surface area is 146 Å². The monoisotopic (exact) mass is 339 g/mol. The first kappa shape index (κ1) is 17.1. The zero-order valence-electron chi connectivity index (χ0n) is 14.0. The third kappa shape index (κ3) is 4.22. The summed E-state index contributed by atoms with van der Waals surface area (Å²) in [5.41, 5.74) is 2.41. The fourth-order valence-corrected chi connectivity index (χ4v) is 3.32. The molecule has 0 atom stereocenters. The Morgan fingerprint density at radius 1 is 0.920 bits per heavy atom. The van der Waals surface area contributed by atoms with E-state index in [2.05, 4.69) is 29.2 Å². The summed E-state index contributed by atoms with van der Waals surface area (Å²) >= 11 is 0. The van der Waals surface area contributed by atoms with Gasteiger partial charge >= 0.3 is 0 Å². The third-order valence-corrected chi connectivity index (χ3v) is 4.53. The van der Waals surface area contributed by atoms with Crippen LogP contribution in [-0.4, -0.2) is 53.4 Å². The molecule has 1 aliphatic heterocycles. The summed E-state index contributed by atoms with van der Waals surface area (Å²) in [5.74, 6) is -0.402. The molecule has 0 bridgehead atoms. The lowest BCUT2D eigenvalue weighted by molar-refractivity contribution is -0.468. The van der Waals surface area contributed by atoms with Crippen LogP contribution in [0.3, 0.4) is 0 Å². The summed E-state index contributed by atoms with van der Waals surface area (Å²) in [4.78, 5) is 25.8. The minimum absolute atomic E-state index is 0.121.